The van der Waals surface area contributed by atoms with Gasteiger partial charge in [-0.05, 0) is 18.1 Å². The molecule has 0 bridgehead atoms. The van der Waals surface area contributed by atoms with Gasteiger partial charge in [0.25, 0.3) is 5.91 Å². The first kappa shape index (κ1) is 19.4. The van der Waals surface area contributed by atoms with Crippen LogP contribution in [0.1, 0.15) is 24.4 Å². The second-order valence-electron chi connectivity index (χ2n) is 6.84. The van der Waals surface area contributed by atoms with Gasteiger partial charge in [-0.2, -0.15) is 0 Å². The van der Waals surface area contributed by atoms with Gasteiger partial charge in [-0.15, -0.1) is 0 Å². The van der Waals surface area contributed by atoms with Crippen molar-refractivity contribution in [3.05, 3.63) is 66.9 Å². The maximum absolute atomic E-state index is 12.6. The van der Waals surface area contributed by atoms with Gasteiger partial charge < -0.3 is 19.0 Å². The van der Waals surface area contributed by atoms with Crippen molar-refractivity contribution in [3.63, 3.8) is 0 Å². The second kappa shape index (κ2) is 9.03. The van der Waals surface area contributed by atoms with Gasteiger partial charge in [-0.25, -0.2) is 9.78 Å². The molecule has 2 aromatic heterocycles. The number of hydrogen-bond donors (Lipinski definition) is 1. The molecule has 1 atom stereocenters. The normalized spacial score (nSPS) is 12.0. The van der Waals surface area contributed by atoms with Crippen molar-refractivity contribution in [1.82, 2.24) is 14.9 Å². The van der Waals surface area contributed by atoms with E-state index in [0.29, 0.717) is 5.76 Å². The molecule has 7 nitrogen and oxygen atoms in total. The van der Waals surface area contributed by atoms with Crippen molar-refractivity contribution in [3.8, 4) is 11.3 Å². The number of furan rings is 1. The van der Waals surface area contributed by atoms with Gasteiger partial charge in [-0.1, -0.05) is 44.2 Å². The van der Waals surface area contributed by atoms with E-state index in [0.717, 1.165) is 5.56 Å². The van der Waals surface area contributed by atoms with Gasteiger partial charge in [0.1, 0.15) is 11.8 Å². The largest absolute Gasteiger partial charge is 0.464 e. The lowest BCUT2D eigenvalue weighted by molar-refractivity contribution is -0.147. The summed E-state index contributed by atoms with van der Waals surface area (Å²) in [6.07, 6.45) is 4.90. The Morgan fingerprint density at radius 2 is 1.96 bits per heavy atom. The standard InChI is InChI=1S/C21H23N3O4/c1-15(2)13-27-21(26)17(12-24-11-10-22-14-24)23-20(25)19-9-8-18(28-19)16-6-4-3-5-7-16/h3-11,14-15,17H,12-13H2,1-2H3,(H,23,25)/t17-/m0/s1. The van der Waals surface area contributed by atoms with E-state index < -0.39 is 17.9 Å². The number of nitrogens with zero attached hydrogens (tertiary/aromatic N) is 2. The first-order valence-electron chi connectivity index (χ1n) is 9.11. The number of ether oxygens (including phenoxy) is 1. The number of benzene rings is 1. The summed E-state index contributed by atoms with van der Waals surface area (Å²) in [4.78, 5) is 29.1. The fourth-order valence-electron chi connectivity index (χ4n) is 2.58. The van der Waals surface area contributed by atoms with Gasteiger partial charge in [0.05, 0.1) is 19.5 Å². The van der Waals surface area contributed by atoms with Crippen LogP contribution in [0.3, 0.4) is 0 Å². The number of aromatic nitrogens is 2. The molecule has 0 saturated heterocycles. The predicted molar refractivity (Wildman–Crippen MR) is 103 cm³/mol. The Labute approximate surface area is 163 Å². The maximum atomic E-state index is 12.6. The first-order chi connectivity index (χ1) is 13.5. The molecule has 0 saturated carbocycles. The SMILES string of the molecule is CC(C)COC(=O)[C@H](Cn1ccnc1)NC(=O)c1ccc(-c2ccccc2)o1. The monoisotopic (exact) mass is 381 g/mol. The molecular formula is C21H23N3O4. The van der Waals surface area contributed by atoms with Gasteiger partial charge in [0, 0.05) is 18.0 Å². The molecule has 0 spiro atoms. The third-order valence-electron chi connectivity index (χ3n) is 3.99. The van der Waals surface area contributed by atoms with Crippen LogP contribution >= 0.6 is 0 Å². The number of rotatable bonds is 8. The second-order valence-corrected chi connectivity index (χ2v) is 6.84. The Morgan fingerprint density at radius 1 is 1.18 bits per heavy atom. The van der Waals surface area contributed by atoms with E-state index in [4.69, 9.17) is 9.15 Å². The number of nitrogens with one attached hydrogen (secondary N) is 1. The summed E-state index contributed by atoms with van der Waals surface area (Å²) in [5.41, 5.74) is 0.868. The highest BCUT2D eigenvalue weighted by atomic mass is 16.5. The highest BCUT2D eigenvalue weighted by Gasteiger charge is 2.25. The summed E-state index contributed by atoms with van der Waals surface area (Å²) >= 11 is 0. The van der Waals surface area contributed by atoms with Gasteiger partial charge in [0.2, 0.25) is 0 Å². The minimum absolute atomic E-state index is 0.131. The van der Waals surface area contributed by atoms with Gasteiger partial charge in [-0.3, -0.25) is 4.79 Å². The molecule has 0 aliphatic carbocycles. The third-order valence-corrected chi connectivity index (χ3v) is 3.99. The molecule has 2 heterocycles. The minimum atomic E-state index is -0.856. The summed E-state index contributed by atoms with van der Waals surface area (Å²) in [5, 5.41) is 2.70. The molecule has 0 aliphatic rings. The van der Waals surface area contributed by atoms with E-state index in [1.807, 2.05) is 44.2 Å². The maximum Gasteiger partial charge on any atom is 0.330 e. The van der Waals surface area contributed by atoms with Crippen molar-refractivity contribution in [1.29, 1.82) is 0 Å². The summed E-state index contributed by atoms with van der Waals surface area (Å²) in [6.45, 7) is 4.40. The summed E-state index contributed by atoms with van der Waals surface area (Å²) in [5.74, 6) is -0.0585. The average molecular weight is 381 g/mol. The van der Waals surface area contributed by atoms with Gasteiger partial charge in [0.15, 0.2) is 5.76 Å². The summed E-state index contributed by atoms with van der Waals surface area (Å²) in [6, 6.07) is 11.9. The quantitative estimate of drug-likeness (QED) is 0.606. The smallest absolute Gasteiger partial charge is 0.330 e. The molecule has 3 rings (SSSR count). The summed E-state index contributed by atoms with van der Waals surface area (Å²) < 4.78 is 12.7. The molecule has 0 fully saturated rings. The lowest BCUT2D eigenvalue weighted by Gasteiger charge is -2.18. The van der Waals surface area contributed by atoms with E-state index in [9.17, 15) is 9.59 Å². The third kappa shape index (κ3) is 5.09. The molecule has 7 heteroatoms. The zero-order valence-corrected chi connectivity index (χ0v) is 15.9. The van der Waals surface area contributed by atoms with Gasteiger partial charge >= 0.3 is 5.97 Å². The fourth-order valence-corrected chi connectivity index (χ4v) is 2.58. The van der Waals surface area contributed by atoms with Crippen molar-refractivity contribution in [2.45, 2.75) is 26.4 Å². The average Bonchev–Trinajstić information content (AvgIpc) is 3.38. The zero-order chi connectivity index (χ0) is 19.9. The molecule has 1 amide bonds. The Bertz CT molecular complexity index is 901. The van der Waals surface area contributed by atoms with Crippen molar-refractivity contribution < 1.29 is 18.7 Å². The molecule has 3 aromatic rings. The zero-order valence-electron chi connectivity index (χ0n) is 15.9. The Hall–Kier alpha value is -3.35. The number of carbonyl (C=O) groups excluding carboxylic acids is 2. The Balaban J connectivity index is 1.71. The highest BCUT2D eigenvalue weighted by molar-refractivity contribution is 5.95. The first-order valence-corrected chi connectivity index (χ1v) is 9.11. The van der Waals surface area contributed by atoms with Crippen LogP contribution in [0.4, 0.5) is 0 Å². The summed E-state index contributed by atoms with van der Waals surface area (Å²) in [7, 11) is 0. The van der Waals surface area contributed by atoms with Crippen molar-refractivity contribution in [2.75, 3.05) is 6.61 Å². The highest BCUT2D eigenvalue weighted by Crippen LogP contribution is 2.21. The van der Waals surface area contributed by atoms with E-state index in [2.05, 4.69) is 10.3 Å². The van der Waals surface area contributed by atoms with Crippen LogP contribution in [0.15, 0.2) is 65.6 Å². The Morgan fingerprint density at radius 3 is 2.64 bits per heavy atom. The van der Waals surface area contributed by atoms with E-state index in [-0.39, 0.29) is 24.8 Å². The molecule has 146 valence electrons. The number of amides is 1. The number of imidazole rings is 1. The molecule has 1 aromatic carbocycles. The molecular weight excluding hydrogens is 358 g/mol. The van der Waals surface area contributed by atoms with Crippen LogP contribution < -0.4 is 5.32 Å². The molecule has 0 aliphatic heterocycles. The fraction of sp³-hybridized carbons (Fsp3) is 0.286. The lowest BCUT2D eigenvalue weighted by atomic mass is 10.2. The molecule has 0 unspecified atom stereocenters. The molecule has 1 N–H and O–H groups in total. The number of carbonyl (C=O) groups is 2. The van der Waals surface area contributed by atoms with E-state index in [1.165, 1.54) is 0 Å². The van der Waals surface area contributed by atoms with E-state index in [1.54, 1.807) is 35.4 Å². The van der Waals surface area contributed by atoms with Crippen molar-refractivity contribution in [2.24, 2.45) is 5.92 Å². The lowest BCUT2D eigenvalue weighted by Crippen LogP contribution is -2.44. The minimum Gasteiger partial charge on any atom is -0.464 e. The predicted octanol–water partition coefficient (Wildman–Crippen LogP) is 3.14. The van der Waals surface area contributed by atoms with Crippen LogP contribution in [-0.4, -0.2) is 34.1 Å². The topological polar surface area (TPSA) is 86.4 Å². The number of esters is 1. The number of hydrogen-bond acceptors (Lipinski definition) is 5. The Kier molecular flexibility index (Phi) is 6.26. The van der Waals surface area contributed by atoms with Crippen molar-refractivity contribution >= 4 is 11.9 Å². The van der Waals surface area contributed by atoms with Crippen LogP contribution in [-0.2, 0) is 16.1 Å². The molecule has 28 heavy (non-hydrogen) atoms. The van der Waals surface area contributed by atoms with Crippen LogP contribution in [0.25, 0.3) is 11.3 Å². The van der Waals surface area contributed by atoms with Crippen LogP contribution in [0.2, 0.25) is 0 Å². The van der Waals surface area contributed by atoms with Crippen LogP contribution in [0, 0.1) is 5.92 Å². The molecule has 0 radical (unpaired) electrons. The van der Waals surface area contributed by atoms with Crippen LogP contribution in [0.5, 0.6) is 0 Å². The van der Waals surface area contributed by atoms with E-state index >= 15 is 0 Å².